The Morgan fingerprint density at radius 2 is 1.51 bits per heavy atom. The number of fused-ring (bicyclic) bond motifs is 1. The number of amides is 3. The van der Waals surface area contributed by atoms with E-state index in [2.05, 4.69) is 47.8 Å². The molecular weight excluding hydrogens is 654 g/mol. The molecular formula is C23H18Br3N3O6. The Kier molecular flexibility index (Phi) is 7.53. The second kappa shape index (κ2) is 10.3. The van der Waals surface area contributed by atoms with Crippen molar-refractivity contribution in [2.75, 3.05) is 6.54 Å². The summed E-state index contributed by atoms with van der Waals surface area (Å²) in [5.74, 6) is -4.03. The third-order valence-corrected chi connectivity index (χ3v) is 9.42. The van der Waals surface area contributed by atoms with Gasteiger partial charge in [-0.3, -0.25) is 29.3 Å². The third kappa shape index (κ3) is 4.96. The molecule has 1 aliphatic carbocycles. The molecule has 0 aromatic heterocycles. The van der Waals surface area contributed by atoms with Gasteiger partial charge in [-0.15, -0.1) is 0 Å². The predicted octanol–water partition coefficient (Wildman–Crippen LogP) is 4.52. The molecule has 12 heteroatoms. The third-order valence-electron chi connectivity index (χ3n) is 6.15. The maximum atomic E-state index is 13.6. The Morgan fingerprint density at radius 3 is 2.06 bits per heavy atom. The highest BCUT2D eigenvalue weighted by Crippen LogP contribution is 2.43. The SMILES string of the molecule is O=C(CN(C(=O)c1ccccc1[N+](=O)[O-])N1C(=O)[C@@H]2C[C@@H](Br)[C@@H](Br)C[C@H]2C1=O)c1ccc(Br)cc1. The summed E-state index contributed by atoms with van der Waals surface area (Å²) in [4.78, 5) is 64.2. The highest BCUT2D eigenvalue weighted by Gasteiger charge is 2.55. The molecule has 4 rings (SSSR count). The molecule has 1 saturated carbocycles. The van der Waals surface area contributed by atoms with Crippen LogP contribution in [0.4, 0.5) is 5.69 Å². The zero-order valence-electron chi connectivity index (χ0n) is 18.0. The second-order valence-corrected chi connectivity index (χ2v) is 11.5. The maximum Gasteiger partial charge on any atom is 0.282 e. The fourth-order valence-corrected chi connectivity index (χ4v) is 5.87. The standard InChI is InChI=1S/C23H18Br3N3O6/c24-13-7-5-12(6-8-13)20(30)11-27(21(31)14-3-1-2-4-19(14)29(34)35)28-22(32)15-9-17(25)18(26)10-16(15)23(28)33/h1-8,15-18H,9-11H2/t15-,16-,17-,18+/m1/s1. The summed E-state index contributed by atoms with van der Waals surface area (Å²) >= 11 is 10.3. The molecule has 1 heterocycles. The summed E-state index contributed by atoms with van der Waals surface area (Å²) in [5.41, 5.74) is -0.560. The number of halogens is 3. The van der Waals surface area contributed by atoms with E-state index >= 15 is 0 Å². The van der Waals surface area contributed by atoms with Crippen molar-refractivity contribution in [2.24, 2.45) is 11.8 Å². The Labute approximate surface area is 225 Å². The van der Waals surface area contributed by atoms with Gasteiger partial charge in [-0.05, 0) is 31.0 Å². The molecule has 0 bridgehead atoms. The first-order valence-corrected chi connectivity index (χ1v) is 13.2. The number of carbonyl (C=O) groups excluding carboxylic acids is 4. The molecule has 0 radical (unpaired) electrons. The lowest BCUT2D eigenvalue weighted by molar-refractivity contribution is -0.385. The van der Waals surface area contributed by atoms with Crippen LogP contribution in [-0.4, -0.2) is 54.6 Å². The lowest BCUT2D eigenvalue weighted by Gasteiger charge is -2.30. The smallest absolute Gasteiger partial charge is 0.282 e. The molecule has 4 atom stereocenters. The molecule has 9 nitrogen and oxygen atoms in total. The number of hydrogen-bond donors (Lipinski definition) is 0. The summed E-state index contributed by atoms with van der Waals surface area (Å²) in [5, 5.41) is 13.0. The van der Waals surface area contributed by atoms with Gasteiger partial charge < -0.3 is 0 Å². The summed E-state index contributed by atoms with van der Waals surface area (Å²) in [6.45, 7) is -0.640. The molecule has 0 spiro atoms. The fraction of sp³-hybridized carbons (Fsp3) is 0.304. The van der Waals surface area contributed by atoms with Crippen LogP contribution in [0, 0.1) is 22.0 Å². The van der Waals surface area contributed by atoms with Gasteiger partial charge in [0.25, 0.3) is 23.4 Å². The van der Waals surface area contributed by atoms with E-state index < -0.39 is 52.5 Å². The number of nitro benzene ring substituents is 1. The normalized spacial score (nSPS) is 23.7. The van der Waals surface area contributed by atoms with Crippen molar-refractivity contribution >= 4 is 77.0 Å². The number of hydrazine groups is 1. The fourth-order valence-electron chi connectivity index (χ4n) is 4.36. The number of carbonyl (C=O) groups is 4. The average Bonchev–Trinajstić information content (AvgIpc) is 3.06. The van der Waals surface area contributed by atoms with E-state index in [1.807, 2.05) is 0 Å². The number of hydrogen-bond acceptors (Lipinski definition) is 6. The monoisotopic (exact) mass is 669 g/mol. The van der Waals surface area contributed by atoms with E-state index in [1.54, 1.807) is 12.1 Å². The van der Waals surface area contributed by atoms with Crippen molar-refractivity contribution in [2.45, 2.75) is 22.5 Å². The number of benzene rings is 2. The molecule has 2 aromatic rings. The first-order valence-electron chi connectivity index (χ1n) is 10.6. The zero-order valence-corrected chi connectivity index (χ0v) is 22.7. The Morgan fingerprint density at radius 1 is 0.971 bits per heavy atom. The maximum absolute atomic E-state index is 13.6. The highest BCUT2D eigenvalue weighted by molar-refractivity contribution is 9.12. The summed E-state index contributed by atoms with van der Waals surface area (Å²) in [6.07, 6.45) is 0.742. The largest absolute Gasteiger partial charge is 0.292 e. The van der Waals surface area contributed by atoms with Gasteiger partial charge in [0, 0.05) is 25.8 Å². The molecule has 1 saturated heterocycles. The lowest BCUT2D eigenvalue weighted by Crippen LogP contribution is -2.52. The van der Waals surface area contributed by atoms with Gasteiger partial charge in [-0.25, -0.2) is 5.01 Å². The quantitative estimate of drug-likeness (QED) is 0.147. The van der Waals surface area contributed by atoms with E-state index in [4.69, 9.17) is 0 Å². The number of para-hydroxylation sites is 1. The number of ketones is 1. The molecule has 35 heavy (non-hydrogen) atoms. The molecule has 2 fully saturated rings. The topological polar surface area (TPSA) is 118 Å². The van der Waals surface area contributed by atoms with E-state index in [0.29, 0.717) is 12.8 Å². The Balaban J connectivity index is 1.74. The molecule has 0 unspecified atom stereocenters. The van der Waals surface area contributed by atoms with E-state index in [0.717, 1.165) is 20.6 Å². The number of Topliss-reactive ketones (excluding diaryl/α,β-unsaturated/α-hetero) is 1. The molecule has 182 valence electrons. The van der Waals surface area contributed by atoms with Crippen LogP contribution in [0.15, 0.2) is 53.0 Å². The van der Waals surface area contributed by atoms with Crippen LogP contribution in [0.2, 0.25) is 0 Å². The number of nitro groups is 1. The average molecular weight is 672 g/mol. The Hall–Kier alpha value is -2.44. The van der Waals surface area contributed by atoms with Gasteiger partial charge >= 0.3 is 0 Å². The molecule has 0 N–H and O–H groups in total. The predicted molar refractivity (Wildman–Crippen MR) is 136 cm³/mol. The molecule has 1 aliphatic heterocycles. The van der Waals surface area contributed by atoms with Gasteiger partial charge in [0.2, 0.25) is 0 Å². The summed E-state index contributed by atoms with van der Waals surface area (Å²) < 4.78 is 0.740. The van der Waals surface area contributed by atoms with E-state index in [-0.39, 0.29) is 20.8 Å². The van der Waals surface area contributed by atoms with Crippen LogP contribution in [-0.2, 0) is 9.59 Å². The van der Waals surface area contributed by atoms with Crippen molar-refractivity contribution in [1.82, 2.24) is 10.0 Å². The van der Waals surface area contributed by atoms with Gasteiger partial charge in [0.15, 0.2) is 5.78 Å². The first kappa shape index (κ1) is 25.6. The molecule has 3 amide bonds. The minimum atomic E-state index is -0.978. The summed E-state index contributed by atoms with van der Waals surface area (Å²) in [6, 6.07) is 11.6. The molecule has 2 aliphatic rings. The first-order chi connectivity index (χ1) is 16.6. The van der Waals surface area contributed by atoms with Gasteiger partial charge in [0.1, 0.15) is 12.1 Å². The van der Waals surface area contributed by atoms with Crippen LogP contribution >= 0.6 is 47.8 Å². The summed E-state index contributed by atoms with van der Waals surface area (Å²) in [7, 11) is 0. The minimum absolute atomic E-state index is 0.0517. The highest BCUT2D eigenvalue weighted by atomic mass is 79.9. The van der Waals surface area contributed by atoms with Crippen molar-refractivity contribution in [3.63, 3.8) is 0 Å². The van der Waals surface area contributed by atoms with Gasteiger partial charge in [0.05, 0.1) is 16.8 Å². The number of alkyl halides is 2. The van der Waals surface area contributed by atoms with Gasteiger partial charge in [-0.2, -0.15) is 5.01 Å². The van der Waals surface area contributed by atoms with Crippen LogP contribution < -0.4 is 0 Å². The van der Waals surface area contributed by atoms with Crippen LogP contribution in [0.3, 0.4) is 0 Å². The lowest BCUT2D eigenvalue weighted by atomic mass is 9.81. The number of nitrogens with zero attached hydrogens (tertiary/aromatic N) is 3. The number of imide groups is 1. The van der Waals surface area contributed by atoms with Crippen molar-refractivity contribution in [1.29, 1.82) is 0 Å². The van der Waals surface area contributed by atoms with Crippen LogP contribution in [0.1, 0.15) is 33.6 Å². The van der Waals surface area contributed by atoms with Crippen LogP contribution in [0.5, 0.6) is 0 Å². The zero-order chi connectivity index (χ0) is 25.4. The Bertz CT molecular complexity index is 1190. The van der Waals surface area contributed by atoms with Crippen molar-refractivity contribution < 1.29 is 24.1 Å². The minimum Gasteiger partial charge on any atom is -0.292 e. The van der Waals surface area contributed by atoms with Crippen molar-refractivity contribution in [3.8, 4) is 0 Å². The van der Waals surface area contributed by atoms with E-state index in [9.17, 15) is 29.3 Å². The van der Waals surface area contributed by atoms with Crippen molar-refractivity contribution in [3.05, 3.63) is 74.2 Å². The van der Waals surface area contributed by atoms with Crippen LogP contribution in [0.25, 0.3) is 0 Å². The van der Waals surface area contributed by atoms with E-state index in [1.165, 1.54) is 30.3 Å². The molecule has 2 aromatic carbocycles. The number of rotatable bonds is 6. The second-order valence-electron chi connectivity index (χ2n) is 8.27. The van der Waals surface area contributed by atoms with Gasteiger partial charge in [-0.1, -0.05) is 72.1 Å².